The van der Waals surface area contributed by atoms with Gasteiger partial charge in [0.05, 0.1) is 11.5 Å². The van der Waals surface area contributed by atoms with Gasteiger partial charge in [0.1, 0.15) is 4.47 Å². The van der Waals surface area contributed by atoms with E-state index in [0.29, 0.717) is 17.0 Å². The van der Waals surface area contributed by atoms with Gasteiger partial charge < -0.3 is 10.1 Å². The number of ether oxygens (including phenoxy) is 1. The van der Waals surface area contributed by atoms with E-state index in [1.807, 2.05) is 6.07 Å². The summed E-state index contributed by atoms with van der Waals surface area (Å²) in [6, 6.07) is 5.02. The van der Waals surface area contributed by atoms with Gasteiger partial charge in [-0.3, -0.25) is 10.1 Å². The third-order valence-electron chi connectivity index (χ3n) is 3.32. The molecule has 0 aliphatic carbocycles. The lowest BCUT2D eigenvalue weighted by Gasteiger charge is -2.22. The van der Waals surface area contributed by atoms with E-state index in [1.54, 1.807) is 6.07 Å². The van der Waals surface area contributed by atoms with Gasteiger partial charge in [0, 0.05) is 12.7 Å². The largest absolute Gasteiger partial charge is 0.376 e. The predicted octanol–water partition coefficient (Wildman–Crippen LogP) is 2.87. The van der Waals surface area contributed by atoms with E-state index in [1.165, 1.54) is 6.07 Å². The van der Waals surface area contributed by atoms with Crippen molar-refractivity contribution in [3.8, 4) is 0 Å². The van der Waals surface area contributed by atoms with E-state index in [2.05, 4.69) is 21.2 Å². The van der Waals surface area contributed by atoms with Crippen LogP contribution >= 0.6 is 15.9 Å². The topological polar surface area (TPSA) is 64.4 Å². The van der Waals surface area contributed by atoms with Crippen LogP contribution in [0.1, 0.15) is 18.4 Å². The van der Waals surface area contributed by atoms with Gasteiger partial charge in [0.15, 0.2) is 0 Å². The monoisotopic (exact) mass is 328 g/mol. The zero-order valence-electron chi connectivity index (χ0n) is 10.6. The SMILES string of the molecule is O=[N+]([O-])c1cccc(COCC2CCNCC2)c1Br. The molecule has 5 nitrogen and oxygen atoms in total. The summed E-state index contributed by atoms with van der Waals surface area (Å²) < 4.78 is 6.21. The van der Waals surface area contributed by atoms with Crippen molar-refractivity contribution in [2.45, 2.75) is 19.4 Å². The number of halogens is 1. The fourth-order valence-electron chi connectivity index (χ4n) is 2.20. The molecule has 104 valence electrons. The van der Waals surface area contributed by atoms with Crippen LogP contribution in [0.5, 0.6) is 0 Å². The van der Waals surface area contributed by atoms with Crippen LogP contribution in [-0.2, 0) is 11.3 Å². The van der Waals surface area contributed by atoms with Crippen LogP contribution in [0.15, 0.2) is 22.7 Å². The molecular formula is C13H17BrN2O3. The van der Waals surface area contributed by atoms with Crippen LogP contribution in [0.3, 0.4) is 0 Å². The maximum Gasteiger partial charge on any atom is 0.283 e. The molecule has 0 unspecified atom stereocenters. The third-order valence-corrected chi connectivity index (χ3v) is 4.24. The van der Waals surface area contributed by atoms with Crippen molar-refractivity contribution in [1.29, 1.82) is 0 Å². The van der Waals surface area contributed by atoms with Crippen molar-refractivity contribution in [3.05, 3.63) is 38.3 Å². The number of nitrogens with one attached hydrogen (secondary N) is 1. The molecule has 0 aromatic heterocycles. The Kier molecular flexibility index (Phi) is 5.30. The van der Waals surface area contributed by atoms with Gasteiger partial charge in [-0.2, -0.15) is 0 Å². The lowest BCUT2D eigenvalue weighted by molar-refractivity contribution is -0.385. The van der Waals surface area contributed by atoms with Gasteiger partial charge >= 0.3 is 0 Å². The van der Waals surface area contributed by atoms with E-state index >= 15 is 0 Å². The molecular weight excluding hydrogens is 312 g/mol. The molecule has 1 aliphatic rings. The summed E-state index contributed by atoms with van der Waals surface area (Å²) in [5, 5.41) is 14.1. The first-order valence-electron chi connectivity index (χ1n) is 6.38. The Morgan fingerprint density at radius 2 is 2.16 bits per heavy atom. The van der Waals surface area contributed by atoms with Crippen molar-refractivity contribution in [1.82, 2.24) is 5.32 Å². The molecule has 1 aromatic carbocycles. The molecule has 0 bridgehead atoms. The number of nitro groups is 1. The molecule has 1 saturated heterocycles. The summed E-state index contributed by atoms with van der Waals surface area (Å²) in [4.78, 5) is 10.4. The Hall–Kier alpha value is -0.980. The molecule has 0 amide bonds. The van der Waals surface area contributed by atoms with Gasteiger partial charge in [-0.15, -0.1) is 0 Å². The smallest absolute Gasteiger partial charge is 0.283 e. The molecule has 19 heavy (non-hydrogen) atoms. The summed E-state index contributed by atoms with van der Waals surface area (Å²) >= 11 is 3.28. The minimum Gasteiger partial charge on any atom is -0.376 e. The van der Waals surface area contributed by atoms with Crippen molar-refractivity contribution < 1.29 is 9.66 Å². The molecule has 1 aromatic rings. The number of nitrogens with zero attached hydrogens (tertiary/aromatic N) is 1. The fourth-order valence-corrected chi connectivity index (χ4v) is 2.73. The van der Waals surface area contributed by atoms with Gasteiger partial charge in [-0.1, -0.05) is 12.1 Å². The normalized spacial score (nSPS) is 16.5. The average Bonchev–Trinajstić information content (AvgIpc) is 2.41. The first kappa shape index (κ1) is 14.4. The molecule has 1 aliphatic heterocycles. The molecule has 0 spiro atoms. The molecule has 0 radical (unpaired) electrons. The highest BCUT2D eigenvalue weighted by Gasteiger charge is 2.16. The average molecular weight is 329 g/mol. The van der Waals surface area contributed by atoms with Crippen LogP contribution in [0.25, 0.3) is 0 Å². The lowest BCUT2D eigenvalue weighted by Crippen LogP contribution is -2.29. The van der Waals surface area contributed by atoms with E-state index in [0.717, 1.165) is 38.1 Å². The molecule has 0 saturated carbocycles. The van der Waals surface area contributed by atoms with E-state index < -0.39 is 0 Å². The second kappa shape index (κ2) is 6.98. The molecule has 6 heteroatoms. The van der Waals surface area contributed by atoms with Crippen molar-refractivity contribution >= 4 is 21.6 Å². The first-order valence-corrected chi connectivity index (χ1v) is 7.18. The maximum absolute atomic E-state index is 10.8. The van der Waals surface area contributed by atoms with Crippen molar-refractivity contribution in [3.63, 3.8) is 0 Å². The summed E-state index contributed by atoms with van der Waals surface area (Å²) in [5.41, 5.74) is 0.908. The van der Waals surface area contributed by atoms with E-state index in [4.69, 9.17) is 4.74 Å². The molecule has 1 N–H and O–H groups in total. The number of nitro benzene ring substituents is 1. The van der Waals surface area contributed by atoms with Crippen LogP contribution in [0, 0.1) is 16.0 Å². The van der Waals surface area contributed by atoms with Crippen LogP contribution in [-0.4, -0.2) is 24.6 Å². The quantitative estimate of drug-likeness (QED) is 0.666. The zero-order chi connectivity index (χ0) is 13.7. The number of hydrogen-bond acceptors (Lipinski definition) is 4. The highest BCUT2D eigenvalue weighted by Crippen LogP contribution is 2.28. The highest BCUT2D eigenvalue weighted by molar-refractivity contribution is 9.10. The number of benzene rings is 1. The summed E-state index contributed by atoms with van der Waals surface area (Å²) in [6.07, 6.45) is 2.27. The van der Waals surface area contributed by atoms with Crippen molar-refractivity contribution in [2.75, 3.05) is 19.7 Å². The van der Waals surface area contributed by atoms with E-state index in [-0.39, 0.29) is 10.6 Å². The third kappa shape index (κ3) is 3.99. The van der Waals surface area contributed by atoms with Gasteiger partial charge in [-0.05, 0) is 53.3 Å². The summed E-state index contributed by atoms with van der Waals surface area (Å²) in [5.74, 6) is 0.596. The van der Waals surface area contributed by atoms with Crippen LogP contribution in [0.4, 0.5) is 5.69 Å². The standard InChI is InChI=1S/C13H17BrN2O3/c14-13-11(2-1-3-12(13)16(17)18)9-19-8-10-4-6-15-7-5-10/h1-3,10,15H,4-9H2. The Labute approximate surface area is 120 Å². The van der Waals surface area contributed by atoms with Gasteiger partial charge in [0.25, 0.3) is 5.69 Å². The number of piperidine rings is 1. The lowest BCUT2D eigenvalue weighted by atomic mass is 9.99. The van der Waals surface area contributed by atoms with Crippen LogP contribution in [0.2, 0.25) is 0 Å². The Balaban J connectivity index is 1.88. The summed E-state index contributed by atoms with van der Waals surface area (Å²) in [6.45, 7) is 3.23. The first-order chi connectivity index (χ1) is 9.18. The molecule has 0 atom stereocenters. The minimum absolute atomic E-state index is 0.0861. The summed E-state index contributed by atoms with van der Waals surface area (Å²) in [7, 11) is 0. The zero-order valence-corrected chi connectivity index (χ0v) is 12.2. The number of hydrogen-bond donors (Lipinski definition) is 1. The molecule has 2 rings (SSSR count). The second-order valence-corrected chi connectivity index (χ2v) is 5.51. The fraction of sp³-hybridized carbons (Fsp3) is 0.538. The Morgan fingerprint density at radius 3 is 2.84 bits per heavy atom. The highest BCUT2D eigenvalue weighted by atomic mass is 79.9. The molecule has 1 heterocycles. The van der Waals surface area contributed by atoms with Gasteiger partial charge in [0.2, 0.25) is 0 Å². The second-order valence-electron chi connectivity index (χ2n) is 4.72. The Bertz CT molecular complexity index is 448. The number of rotatable bonds is 5. The van der Waals surface area contributed by atoms with Crippen LogP contribution < -0.4 is 5.32 Å². The minimum atomic E-state index is -0.389. The Morgan fingerprint density at radius 1 is 1.42 bits per heavy atom. The predicted molar refractivity (Wildman–Crippen MR) is 76.0 cm³/mol. The molecule has 1 fully saturated rings. The van der Waals surface area contributed by atoms with Crippen molar-refractivity contribution in [2.24, 2.45) is 5.92 Å². The van der Waals surface area contributed by atoms with E-state index in [9.17, 15) is 10.1 Å². The maximum atomic E-state index is 10.8. The van der Waals surface area contributed by atoms with Gasteiger partial charge in [-0.25, -0.2) is 0 Å².